The highest BCUT2D eigenvalue weighted by Gasteiger charge is 2.10. The Bertz CT molecular complexity index is 749. The van der Waals surface area contributed by atoms with E-state index in [0.717, 1.165) is 17.0 Å². The van der Waals surface area contributed by atoms with Crippen LogP contribution in [0.2, 0.25) is 0 Å². The molecule has 0 aliphatic heterocycles. The van der Waals surface area contributed by atoms with Crippen LogP contribution in [-0.4, -0.2) is 17.5 Å². The fraction of sp³-hybridized carbons (Fsp3) is 0.125. The van der Waals surface area contributed by atoms with Gasteiger partial charge >= 0.3 is 0 Å². The van der Waals surface area contributed by atoms with E-state index in [1.54, 1.807) is 6.07 Å². The van der Waals surface area contributed by atoms with Crippen molar-refractivity contribution >= 4 is 33.7 Å². The number of nitrogens with zero attached hydrogens (tertiary/aromatic N) is 1. The Morgan fingerprint density at radius 3 is 2.73 bits per heavy atom. The zero-order valence-corrected chi connectivity index (χ0v) is 13.5. The van der Waals surface area contributed by atoms with Crippen molar-refractivity contribution in [3.8, 4) is 17.0 Å². The van der Waals surface area contributed by atoms with E-state index in [1.807, 2.05) is 48.0 Å². The largest absolute Gasteiger partial charge is 0.494 e. The van der Waals surface area contributed by atoms with E-state index in [4.69, 9.17) is 4.74 Å². The molecule has 112 valence electrons. The summed E-state index contributed by atoms with van der Waals surface area (Å²) in [5.74, 6) is 0.718. The third kappa shape index (κ3) is 3.35. The Hall–Kier alpha value is -2.18. The second kappa shape index (κ2) is 6.72. The molecule has 3 rings (SSSR count). The van der Waals surface area contributed by atoms with Gasteiger partial charge in [0.2, 0.25) is 0 Å². The van der Waals surface area contributed by atoms with Crippen molar-refractivity contribution in [1.29, 1.82) is 0 Å². The summed E-state index contributed by atoms with van der Waals surface area (Å²) in [6.45, 7) is 2.60. The second-order valence-electron chi connectivity index (χ2n) is 4.43. The maximum Gasteiger partial charge on any atom is 0.267 e. The van der Waals surface area contributed by atoms with Crippen molar-refractivity contribution < 1.29 is 9.53 Å². The minimum Gasteiger partial charge on any atom is -0.494 e. The lowest BCUT2D eigenvalue weighted by atomic mass is 10.2. The van der Waals surface area contributed by atoms with Crippen molar-refractivity contribution in [3.63, 3.8) is 0 Å². The molecule has 1 aromatic carbocycles. The van der Waals surface area contributed by atoms with Gasteiger partial charge in [-0.2, -0.15) is 0 Å². The van der Waals surface area contributed by atoms with Crippen molar-refractivity contribution in [2.45, 2.75) is 6.92 Å². The molecule has 0 radical (unpaired) electrons. The number of amides is 1. The van der Waals surface area contributed by atoms with Crippen LogP contribution in [-0.2, 0) is 0 Å². The standard InChI is InChI=1S/C16H14N2O2S2/c1-2-20-12-7-5-11(6-8-12)13-10-22-16(17-13)18-15(19)14-4-3-9-21-14/h3-10H,2H2,1H3,(H,17,18,19). The third-order valence-corrected chi connectivity index (χ3v) is 4.56. The van der Waals surface area contributed by atoms with Gasteiger partial charge < -0.3 is 4.74 Å². The molecule has 0 unspecified atom stereocenters. The van der Waals surface area contributed by atoms with Crippen LogP contribution >= 0.6 is 22.7 Å². The summed E-state index contributed by atoms with van der Waals surface area (Å²) < 4.78 is 5.42. The predicted octanol–water partition coefficient (Wildman–Crippen LogP) is 4.52. The number of rotatable bonds is 5. The Labute approximate surface area is 136 Å². The van der Waals surface area contributed by atoms with Crippen LogP contribution in [0.1, 0.15) is 16.6 Å². The molecule has 0 spiro atoms. The summed E-state index contributed by atoms with van der Waals surface area (Å²) in [6, 6.07) is 11.4. The molecule has 0 saturated heterocycles. The van der Waals surface area contributed by atoms with Crippen LogP contribution in [0.5, 0.6) is 5.75 Å². The lowest BCUT2D eigenvalue weighted by molar-refractivity contribution is 0.103. The first kappa shape index (κ1) is 14.7. The lowest BCUT2D eigenvalue weighted by Gasteiger charge is -2.03. The number of carbonyl (C=O) groups is 1. The number of hydrogen-bond donors (Lipinski definition) is 1. The Morgan fingerprint density at radius 2 is 2.05 bits per heavy atom. The van der Waals surface area contributed by atoms with Gasteiger partial charge in [0, 0.05) is 10.9 Å². The number of hydrogen-bond acceptors (Lipinski definition) is 5. The fourth-order valence-corrected chi connectivity index (χ4v) is 3.25. The molecule has 0 aliphatic carbocycles. The number of anilines is 1. The van der Waals surface area contributed by atoms with Crippen LogP contribution in [0.25, 0.3) is 11.3 Å². The van der Waals surface area contributed by atoms with E-state index in [9.17, 15) is 4.79 Å². The Balaban J connectivity index is 1.72. The SMILES string of the molecule is CCOc1ccc(-c2csc(NC(=O)c3cccs3)n2)cc1. The molecule has 6 heteroatoms. The summed E-state index contributed by atoms with van der Waals surface area (Å²) in [5.41, 5.74) is 1.84. The van der Waals surface area contributed by atoms with Crippen molar-refractivity contribution in [2.24, 2.45) is 0 Å². The molecule has 0 aliphatic rings. The second-order valence-corrected chi connectivity index (χ2v) is 6.23. The molecular formula is C16H14N2O2S2. The summed E-state index contributed by atoms with van der Waals surface area (Å²) in [5, 5.41) is 7.23. The number of ether oxygens (including phenoxy) is 1. The Kier molecular flexibility index (Phi) is 4.50. The molecule has 22 heavy (non-hydrogen) atoms. The summed E-state index contributed by atoms with van der Waals surface area (Å²) in [6.07, 6.45) is 0. The first-order chi connectivity index (χ1) is 10.8. The van der Waals surface area contributed by atoms with Gasteiger partial charge in [-0.15, -0.1) is 22.7 Å². The van der Waals surface area contributed by atoms with Crippen molar-refractivity contribution in [3.05, 3.63) is 52.0 Å². The van der Waals surface area contributed by atoms with E-state index in [1.165, 1.54) is 22.7 Å². The minimum absolute atomic E-state index is 0.123. The molecule has 3 aromatic rings. The molecule has 1 N–H and O–H groups in total. The average molecular weight is 330 g/mol. The van der Waals surface area contributed by atoms with Crippen LogP contribution in [0, 0.1) is 0 Å². The maximum atomic E-state index is 12.0. The number of nitrogens with one attached hydrogen (secondary N) is 1. The van der Waals surface area contributed by atoms with Crippen molar-refractivity contribution in [1.82, 2.24) is 4.98 Å². The van der Waals surface area contributed by atoms with Gasteiger partial charge in [-0.1, -0.05) is 6.07 Å². The lowest BCUT2D eigenvalue weighted by Crippen LogP contribution is -2.09. The van der Waals surface area contributed by atoms with Crippen LogP contribution in [0.15, 0.2) is 47.2 Å². The first-order valence-corrected chi connectivity index (χ1v) is 8.56. The van der Waals surface area contributed by atoms with Gasteiger partial charge in [0.05, 0.1) is 17.2 Å². The maximum absolute atomic E-state index is 12.0. The monoisotopic (exact) mass is 330 g/mol. The summed E-state index contributed by atoms with van der Waals surface area (Å²) >= 11 is 2.83. The number of thiazole rings is 1. The highest BCUT2D eigenvalue weighted by Crippen LogP contribution is 2.27. The van der Waals surface area contributed by atoms with Crippen LogP contribution in [0.4, 0.5) is 5.13 Å². The van der Waals surface area contributed by atoms with Gasteiger partial charge in [0.1, 0.15) is 5.75 Å². The van der Waals surface area contributed by atoms with Crippen LogP contribution < -0.4 is 10.1 Å². The topological polar surface area (TPSA) is 51.2 Å². The van der Waals surface area contributed by atoms with Gasteiger partial charge in [-0.3, -0.25) is 10.1 Å². The Morgan fingerprint density at radius 1 is 1.23 bits per heavy atom. The normalized spacial score (nSPS) is 10.4. The predicted molar refractivity (Wildman–Crippen MR) is 91.0 cm³/mol. The van der Waals surface area contributed by atoms with E-state index >= 15 is 0 Å². The molecule has 2 aromatic heterocycles. The van der Waals surface area contributed by atoms with Gasteiger partial charge in [0.25, 0.3) is 5.91 Å². The molecule has 0 saturated carbocycles. The zero-order valence-electron chi connectivity index (χ0n) is 11.9. The molecule has 0 fully saturated rings. The summed E-state index contributed by atoms with van der Waals surface area (Å²) in [7, 11) is 0. The number of benzene rings is 1. The third-order valence-electron chi connectivity index (χ3n) is 2.93. The summed E-state index contributed by atoms with van der Waals surface area (Å²) in [4.78, 5) is 17.1. The molecular weight excluding hydrogens is 316 g/mol. The smallest absolute Gasteiger partial charge is 0.267 e. The fourth-order valence-electron chi connectivity index (χ4n) is 1.92. The molecule has 0 atom stereocenters. The quantitative estimate of drug-likeness (QED) is 0.748. The van der Waals surface area contributed by atoms with Gasteiger partial charge in [0.15, 0.2) is 5.13 Å². The van der Waals surface area contributed by atoms with E-state index in [2.05, 4.69) is 10.3 Å². The molecule has 1 amide bonds. The molecule has 0 bridgehead atoms. The van der Waals surface area contributed by atoms with Crippen LogP contribution in [0.3, 0.4) is 0 Å². The number of thiophene rings is 1. The van der Waals surface area contributed by atoms with Crippen molar-refractivity contribution in [2.75, 3.05) is 11.9 Å². The zero-order chi connectivity index (χ0) is 15.4. The van der Waals surface area contributed by atoms with E-state index in [-0.39, 0.29) is 5.91 Å². The minimum atomic E-state index is -0.123. The van der Waals surface area contributed by atoms with E-state index < -0.39 is 0 Å². The number of aromatic nitrogens is 1. The van der Waals surface area contributed by atoms with Gasteiger partial charge in [-0.25, -0.2) is 4.98 Å². The average Bonchev–Trinajstić information content (AvgIpc) is 3.19. The molecule has 2 heterocycles. The first-order valence-electron chi connectivity index (χ1n) is 6.80. The van der Waals surface area contributed by atoms with E-state index in [0.29, 0.717) is 16.6 Å². The highest BCUT2D eigenvalue weighted by molar-refractivity contribution is 7.14. The van der Waals surface area contributed by atoms with Gasteiger partial charge in [-0.05, 0) is 42.6 Å². The highest BCUT2D eigenvalue weighted by atomic mass is 32.1. The number of carbonyl (C=O) groups excluding carboxylic acids is 1. The molecule has 4 nitrogen and oxygen atoms in total.